The van der Waals surface area contributed by atoms with Crippen molar-refractivity contribution in [1.29, 1.82) is 0 Å². The molecule has 0 amide bonds. The minimum absolute atomic E-state index is 0.00800. The van der Waals surface area contributed by atoms with E-state index in [0.717, 1.165) is 17.7 Å². The van der Waals surface area contributed by atoms with Gasteiger partial charge >= 0.3 is 5.97 Å². The third-order valence-corrected chi connectivity index (χ3v) is 4.94. The fourth-order valence-corrected chi connectivity index (χ4v) is 3.58. The molecular formula is C19H21F2N3O2. The highest BCUT2D eigenvalue weighted by Crippen LogP contribution is 2.37. The summed E-state index contributed by atoms with van der Waals surface area (Å²) in [4.78, 5) is 22.7. The van der Waals surface area contributed by atoms with Gasteiger partial charge in [-0.25, -0.2) is 18.7 Å². The van der Waals surface area contributed by atoms with Gasteiger partial charge in [0.2, 0.25) is 0 Å². The Morgan fingerprint density at radius 1 is 1.35 bits per heavy atom. The molecule has 0 radical (unpaired) electrons. The molecule has 5 nitrogen and oxygen atoms in total. The van der Waals surface area contributed by atoms with Crippen molar-refractivity contribution in [2.45, 2.75) is 33.1 Å². The van der Waals surface area contributed by atoms with Gasteiger partial charge in [0.1, 0.15) is 23.3 Å². The van der Waals surface area contributed by atoms with E-state index in [9.17, 15) is 18.7 Å². The maximum absolute atomic E-state index is 14.1. The van der Waals surface area contributed by atoms with E-state index in [1.54, 1.807) is 13.1 Å². The number of rotatable bonds is 4. The molecule has 0 saturated carbocycles. The lowest BCUT2D eigenvalue weighted by Crippen LogP contribution is -2.49. The molecule has 1 atom stereocenters. The van der Waals surface area contributed by atoms with Crippen LogP contribution in [0.4, 0.5) is 14.6 Å². The van der Waals surface area contributed by atoms with Gasteiger partial charge in [0, 0.05) is 30.9 Å². The summed E-state index contributed by atoms with van der Waals surface area (Å²) in [6.45, 7) is 4.56. The zero-order chi connectivity index (χ0) is 18.9. The van der Waals surface area contributed by atoms with Crippen molar-refractivity contribution in [3.63, 3.8) is 0 Å². The van der Waals surface area contributed by atoms with Crippen LogP contribution in [0.2, 0.25) is 0 Å². The second-order valence-electron chi connectivity index (χ2n) is 6.95. The van der Waals surface area contributed by atoms with Crippen LogP contribution in [-0.4, -0.2) is 34.1 Å². The summed E-state index contributed by atoms with van der Waals surface area (Å²) in [5, 5.41) is 9.93. The Kier molecular flexibility index (Phi) is 4.89. The molecule has 0 aliphatic carbocycles. The molecule has 0 bridgehead atoms. The predicted octanol–water partition coefficient (Wildman–Crippen LogP) is 3.29. The Balaban J connectivity index is 1.93. The third kappa shape index (κ3) is 3.52. The molecule has 1 aromatic carbocycles. The number of hydrogen-bond acceptors (Lipinski definition) is 4. The number of carboxylic acids is 1. The summed E-state index contributed by atoms with van der Waals surface area (Å²) >= 11 is 0. The fraction of sp³-hybridized carbons (Fsp3) is 0.421. The Morgan fingerprint density at radius 2 is 2.12 bits per heavy atom. The Morgan fingerprint density at radius 3 is 2.81 bits per heavy atom. The number of benzene rings is 1. The monoisotopic (exact) mass is 361 g/mol. The molecule has 2 aromatic rings. The van der Waals surface area contributed by atoms with Gasteiger partial charge in [0.15, 0.2) is 0 Å². The Hall–Kier alpha value is -2.57. The van der Waals surface area contributed by atoms with Crippen LogP contribution >= 0.6 is 0 Å². The topological polar surface area (TPSA) is 66.3 Å². The lowest BCUT2D eigenvalue weighted by Gasteiger charge is -2.41. The van der Waals surface area contributed by atoms with Crippen molar-refractivity contribution in [2.75, 3.05) is 18.0 Å². The van der Waals surface area contributed by atoms with Crippen LogP contribution < -0.4 is 4.90 Å². The summed E-state index contributed by atoms with van der Waals surface area (Å²) in [5.41, 5.74) is -0.0710. The van der Waals surface area contributed by atoms with Crippen LogP contribution in [0.25, 0.3) is 0 Å². The molecule has 1 saturated heterocycles. The number of aromatic nitrogens is 2. The van der Waals surface area contributed by atoms with Gasteiger partial charge in [-0.1, -0.05) is 6.07 Å². The number of nitrogens with zero attached hydrogens (tertiary/aromatic N) is 3. The van der Waals surface area contributed by atoms with Crippen LogP contribution in [-0.2, 0) is 11.2 Å². The average molecular weight is 361 g/mol. The predicted molar refractivity (Wildman–Crippen MR) is 93.1 cm³/mol. The molecule has 138 valence electrons. The van der Waals surface area contributed by atoms with E-state index >= 15 is 0 Å². The van der Waals surface area contributed by atoms with Gasteiger partial charge in [0.25, 0.3) is 0 Å². The second kappa shape index (κ2) is 6.97. The van der Waals surface area contributed by atoms with Gasteiger partial charge in [0.05, 0.1) is 5.41 Å². The standard InChI is InChI=1S/C19H21F2N3O2/c1-12-10-22-13(2)23-17(12)24-7-3-6-19(11-24,18(25)26)9-14-4-5-15(20)8-16(14)21/h4-5,8,10H,3,6-7,9,11H2,1-2H3,(H,25,26). The van der Waals surface area contributed by atoms with Crippen molar-refractivity contribution in [1.82, 2.24) is 9.97 Å². The van der Waals surface area contributed by atoms with Crippen LogP contribution in [0, 0.1) is 30.9 Å². The van der Waals surface area contributed by atoms with Gasteiger partial charge in [-0.3, -0.25) is 4.79 Å². The molecule has 1 aliphatic rings. The molecule has 1 fully saturated rings. The van der Waals surface area contributed by atoms with Gasteiger partial charge < -0.3 is 10.0 Å². The summed E-state index contributed by atoms with van der Waals surface area (Å²) in [5.74, 6) is -1.04. The number of carbonyl (C=O) groups is 1. The Bertz CT molecular complexity index is 844. The summed E-state index contributed by atoms with van der Waals surface area (Å²) in [6.07, 6.45) is 2.80. The zero-order valence-corrected chi connectivity index (χ0v) is 14.8. The number of halogens is 2. The van der Waals surface area contributed by atoms with E-state index in [1.165, 1.54) is 6.07 Å². The smallest absolute Gasteiger partial charge is 0.311 e. The lowest BCUT2D eigenvalue weighted by atomic mass is 9.75. The van der Waals surface area contributed by atoms with E-state index in [1.807, 2.05) is 11.8 Å². The maximum Gasteiger partial charge on any atom is 0.311 e. The van der Waals surface area contributed by atoms with Crippen LogP contribution in [0.5, 0.6) is 0 Å². The van der Waals surface area contributed by atoms with Crippen molar-refractivity contribution >= 4 is 11.8 Å². The first kappa shape index (κ1) is 18.2. The summed E-state index contributed by atoms with van der Waals surface area (Å²) < 4.78 is 27.3. The molecule has 26 heavy (non-hydrogen) atoms. The van der Waals surface area contributed by atoms with Crippen molar-refractivity contribution in [3.05, 3.63) is 53.0 Å². The van der Waals surface area contributed by atoms with Crippen LogP contribution in [0.15, 0.2) is 24.4 Å². The maximum atomic E-state index is 14.1. The van der Waals surface area contributed by atoms with E-state index in [-0.39, 0.29) is 18.5 Å². The fourth-order valence-electron chi connectivity index (χ4n) is 3.58. The quantitative estimate of drug-likeness (QED) is 0.905. The highest BCUT2D eigenvalue weighted by Gasteiger charge is 2.43. The number of aryl methyl sites for hydroxylation is 2. The Labute approximate surface area is 150 Å². The van der Waals surface area contributed by atoms with E-state index in [0.29, 0.717) is 31.0 Å². The highest BCUT2D eigenvalue weighted by atomic mass is 19.1. The van der Waals surface area contributed by atoms with Gasteiger partial charge in [-0.05, 0) is 44.7 Å². The van der Waals surface area contributed by atoms with Crippen molar-refractivity contribution in [2.24, 2.45) is 5.41 Å². The number of hydrogen-bond donors (Lipinski definition) is 1. The van der Waals surface area contributed by atoms with Crippen molar-refractivity contribution < 1.29 is 18.7 Å². The SMILES string of the molecule is Cc1ncc(C)c(N2CCCC(Cc3ccc(F)cc3F)(C(=O)O)C2)n1. The number of piperidine rings is 1. The number of anilines is 1. The molecule has 1 aromatic heterocycles. The van der Waals surface area contributed by atoms with Crippen molar-refractivity contribution in [3.8, 4) is 0 Å². The summed E-state index contributed by atoms with van der Waals surface area (Å²) in [7, 11) is 0. The van der Waals surface area contributed by atoms with E-state index in [4.69, 9.17) is 0 Å². The molecule has 1 aliphatic heterocycles. The molecule has 2 heterocycles. The third-order valence-electron chi connectivity index (χ3n) is 4.94. The molecular weight excluding hydrogens is 340 g/mol. The number of carboxylic acid groups (broad SMARTS) is 1. The van der Waals surface area contributed by atoms with E-state index in [2.05, 4.69) is 9.97 Å². The van der Waals surface area contributed by atoms with Crippen LogP contribution in [0.3, 0.4) is 0 Å². The zero-order valence-electron chi connectivity index (χ0n) is 14.8. The molecule has 3 rings (SSSR count). The normalized spacial score (nSPS) is 20.2. The average Bonchev–Trinajstić information content (AvgIpc) is 2.59. The number of aliphatic carboxylic acids is 1. The first-order chi connectivity index (χ1) is 12.3. The first-order valence-corrected chi connectivity index (χ1v) is 8.53. The first-order valence-electron chi connectivity index (χ1n) is 8.53. The molecule has 0 spiro atoms. The molecule has 1 N–H and O–H groups in total. The molecule has 1 unspecified atom stereocenters. The second-order valence-corrected chi connectivity index (χ2v) is 6.95. The highest BCUT2D eigenvalue weighted by molar-refractivity contribution is 5.76. The van der Waals surface area contributed by atoms with E-state index < -0.39 is 23.0 Å². The minimum atomic E-state index is -1.15. The van der Waals surface area contributed by atoms with Gasteiger partial charge in [-0.15, -0.1) is 0 Å². The summed E-state index contributed by atoms with van der Waals surface area (Å²) in [6, 6.07) is 3.28. The molecule has 7 heteroatoms. The van der Waals surface area contributed by atoms with Gasteiger partial charge in [-0.2, -0.15) is 0 Å². The minimum Gasteiger partial charge on any atom is -0.481 e. The lowest BCUT2D eigenvalue weighted by molar-refractivity contribution is -0.149. The van der Waals surface area contributed by atoms with Crippen LogP contribution in [0.1, 0.15) is 29.8 Å². The largest absolute Gasteiger partial charge is 0.481 e.